The number of ketones is 1. The number of para-hydroxylation sites is 1. The Morgan fingerprint density at radius 2 is 1.38 bits per heavy atom. The van der Waals surface area contributed by atoms with Crippen LogP contribution >= 0.6 is 0 Å². The molecule has 0 amide bonds. The Hall–Kier alpha value is -3.48. The highest BCUT2D eigenvalue weighted by molar-refractivity contribution is 6.24. The maximum atomic E-state index is 14.0. The molecular weight excluding hydrogens is 657 g/mol. The van der Waals surface area contributed by atoms with Crippen LogP contribution in [0.2, 0.25) is 0 Å². The van der Waals surface area contributed by atoms with Gasteiger partial charge < -0.3 is 19.5 Å². The van der Waals surface area contributed by atoms with E-state index in [-0.39, 0.29) is 22.4 Å². The number of benzene rings is 2. The second kappa shape index (κ2) is 18.7. The van der Waals surface area contributed by atoms with Gasteiger partial charge in [0.1, 0.15) is 12.4 Å². The van der Waals surface area contributed by atoms with Gasteiger partial charge in [0.05, 0.1) is 29.8 Å². The number of anilines is 1. The molecule has 0 fully saturated rings. The van der Waals surface area contributed by atoms with Crippen LogP contribution in [0.4, 0.5) is 11.4 Å². The Balaban J connectivity index is 1.34. The van der Waals surface area contributed by atoms with Crippen LogP contribution in [0.25, 0.3) is 0 Å². The number of rotatable bonds is 22. The number of unbranched alkanes of at least 4 members (excludes halogenated alkanes) is 10. The predicted molar refractivity (Wildman–Crippen MR) is 220 cm³/mol. The first kappa shape index (κ1) is 40.7. The molecule has 2 aromatic carbocycles. The average Bonchev–Trinajstić information content (AvgIpc) is 3.48. The minimum absolute atomic E-state index is 0.0870. The van der Waals surface area contributed by atoms with Crippen molar-refractivity contribution in [2.75, 3.05) is 44.4 Å². The van der Waals surface area contributed by atoms with Crippen LogP contribution in [0, 0.1) is 6.92 Å². The molecule has 1 N–H and O–H groups in total. The van der Waals surface area contributed by atoms with Crippen LogP contribution in [0.1, 0.15) is 135 Å². The molecule has 0 radical (unpaired) electrons. The van der Waals surface area contributed by atoms with Crippen LogP contribution in [0.5, 0.6) is 0 Å². The van der Waals surface area contributed by atoms with E-state index in [4.69, 9.17) is 9.47 Å². The Kier molecular flexibility index (Phi) is 14.4. The van der Waals surface area contributed by atoms with Gasteiger partial charge in [-0.25, -0.2) is 0 Å². The van der Waals surface area contributed by atoms with Crippen LogP contribution in [0.3, 0.4) is 0 Å². The van der Waals surface area contributed by atoms with Crippen molar-refractivity contribution in [2.24, 2.45) is 0 Å². The average molecular weight is 724 g/mol. The number of fused-ring (bicyclic) bond motifs is 2. The third-order valence-electron chi connectivity index (χ3n) is 11.6. The zero-order chi connectivity index (χ0) is 38.0. The van der Waals surface area contributed by atoms with Gasteiger partial charge in [0.2, 0.25) is 11.5 Å². The third kappa shape index (κ3) is 9.25. The second-order valence-corrected chi connectivity index (χ2v) is 16.4. The summed E-state index contributed by atoms with van der Waals surface area (Å²) in [4.78, 5) is 16.4. The Morgan fingerprint density at radius 3 is 2.06 bits per heavy atom. The minimum Gasteiger partial charge on any atom is -0.506 e. The number of hydrogen-bond acceptors (Lipinski definition) is 5. The molecule has 0 unspecified atom stereocenters. The Bertz CT molecular complexity index is 1710. The topological polar surface area (TPSA) is 62.0 Å². The van der Waals surface area contributed by atoms with Gasteiger partial charge >= 0.3 is 0 Å². The molecule has 2 aliphatic heterocycles. The first-order valence-corrected chi connectivity index (χ1v) is 20.7. The van der Waals surface area contributed by atoms with Gasteiger partial charge in [-0.3, -0.25) is 4.79 Å². The van der Waals surface area contributed by atoms with E-state index in [9.17, 15) is 9.90 Å². The molecule has 2 aromatic rings. The molecule has 0 saturated heterocycles. The molecule has 0 spiro atoms. The van der Waals surface area contributed by atoms with Crippen LogP contribution in [-0.2, 0) is 25.1 Å². The molecule has 0 bridgehead atoms. The lowest BCUT2D eigenvalue weighted by Gasteiger charge is -2.29. The molecular formula is C47H67N2O4+. The number of aliphatic hydroxyl groups is 1. The van der Waals surface area contributed by atoms with E-state index in [2.05, 4.69) is 100 Å². The van der Waals surface area contributed by atoms with Gasteiger partial charge in [-0.05, 0) is 51.3 Å². The monoisotopic (exact) mass is 724 g/mol. The van der Waals surface area contributed by atoms with Gasteiger partial charge in [0, 0.05) is 47.7 Å². The van der Waals surface area contributed by atoms with E-state index in [1.807, 2.05) is 12.2 Å². The Labute approximate surface area is 320 Å². The van der Waals surface area contributed by atoms with E-state index in [1.54, 1.807) is 0 Å². The molecule has 0 atom stereocenters. The number of carbonyl (C=O) groups excluding carboxylic acids is 1. The number of hydrogen-bond donors (Lipinski definition) is 1. The summed E-state index contributed by atoms with van der Waals surface area (Å²) in [7, 11) is 0. The van der Waals surface area contributed by atoms with Crippen molar-refractivity contribution in [3.05, 3.63) is 93.9 Å². The smallest absolute Gasteiger partial charge is 0.209 e. The molecule has 6 nitrogen and oxygen atoms in total. The summed E-state index contributed by atoms with van der Waals surface area (Å²) in [6, 6.07) is 15.1. The summed E-state index contributed by atoms with van der Waals surface area (Å²) >= 11 is 0. The zero-order valence-corrected chi connectivity index (χ0v) is 34.0. The van der Waals surface area contributed by atoms with Crippen molar-refractivity contribution >= 4 is 22.9 Å². The maximum absolute atomic E-state index is 14.0. The number of aryl methyl sites for hydroxylation is 1. The van der Waals surface area contributed by atoms with Crippen LogP contribution in [-0.4, -0.2) is 60.7 Å². The predicted octanol–water partition coefficient (Wildman–Crippen LogP) is 11.1. The summed E-state index contributed by atoms with van der Waals surface area (Å²) in [5, 5.41) is 11.6. The number of ether oxygens (including phenoxy) is 2. The van der Waals surface area contributed by atoms with Crippen LogP contribution in [0.15, 0.2) is 77.2 Å². The first-order valence-electron chi connectivity index (χ1n) is 20.7. The van der Waals surface area contributed by atoms with Gasteiger partial charge in [-0.15, -0.1) is 0 Å². The van der Waals surface area contributed by atoms with Gasteiger partial charge in [-0.2, -0.15) is 4.58 Å². The number of nitrogens with zero attached hydrogens (tertiary/aromatic N) is 2. The molecule has 53 heavy (non-hydrogen) atoms. The number of Topliss-reactive ketones (excluding diaryl/α,β-unsaturated/α-hetero) is 1. The van der Waals surface area contributed by atoms with Crippen molar-refractivity contribution in [3.63, 3.8) is 0 Å². The van der Waals surface area contributed by atoms with E-state index in [1.165, 1.54) is 80.2 Å². The highest BCUT2D eigenvalue weighted by atomic mass is 16.5. The number of allylic oxidation sites excluding steroid dienone is 5. The largest absolute Gasteiger partial charge is 0.506 e. The lowest BCUT2D eigenvalue weighted by molar-refractivity contribution is -0.442. The molecule has 2 heterocycles. The first-order chi connectivity index (χ1) is 25.5. The highest BCUT2D eigenvalue weighted by Gasteiger charge is 2.47. The lowest BCUT2D eigenvalue weighted by Crippen LogP contribution is -2.32. The van der Waals surface area contributed by atoms with Crippen molar-refractivity contribution in [2.45, 2.75) is 136 Å². The fraction of sp³-hybridized carbons (Fsp3) is 0.574. The molecule has 1 aliphatic carbocycles. The summed E-state index contributed by atoms with van der Waals surface area (Å²) in [5.74, 6) is -0.0134. The number of aliphatic hydroxyl groups excluding tert-OH is 1. The van der Waals surface area contributed by atoms with E-state index in [0.717, 1.165) is 49.5 Å². The molecule has 0 aromatic heterocycles. The SMILES string of the molecule is CCCCCCCCCCCCN1C(=CC2=C(O)C(=CC3=[N+](CCOCCOCCCC)c4ccccc4C3(C)C)C2=O)C(C)(C)c2cc(C)ccc21. The fourth-order valence-electron chi connectivity index (χ4n) is 8.30. The minimum atomic E-state index is -0.347. The van der Waals surface area contributed by atoms with E-state index < -0.39 is 0 Å². The van der Waals surface area contributed by atoms with Crippen molar-refractivity contribution < 1.29 is 24.0 Å². The van der Waals surface area contributed by atoms with Crippen molar-refractivity contribution in [1.29, 1.82) is 0 Å². The maximum Gasteiger partial charge on any atom is 0.209 e. The van der Waals surface area contributed by atoms with Crippen molar-refractivity contribution in [3.8, 4) is 0 Å². The summed E-state index contributed by atoms with van der Waals surface area (Å²) in [5.41, 5.74) is 8.28. The van der Waals surface area contributed by atoms with Gasteiger partial charge in [-0.1, -0.05) is 128 Å². The standard InChI is InChI=1S/C47H66N2O4/c1-8-10-12-13-14-15-16-17-18-21-26-48-41-25-24-35(3)32-39(41)47(6,7)43(48)34-37-44(50)36(45(37)51)33-42-46(4,5)38-22-19-20-23-40(38)49(42)27-29-53-31-30-52-28-11-9-2/h19-20,22-25,32-34H,8-18,21,26-31H2,1-7H3/p+1. The normalized spacial score (nSPS) is 18.8. The molecule has 3 aliphatic rings. The van der Waals surface area contributed by atoms with E-state index >= 15 is 0 Å². The summed E-state index contributed by atoms with van der Waals surface area (Å²) < 4.78 is 13.9. The Morgan fingerprint density at radius 1 is 0.736 bits per heavy atom. The van der Waals surface area contributed by atoms with E-state index in [0.29, 0.717) is 37.5 Å². The molecule has 288 valence electrons. The summed E-state index contributed by atoms with van der Waals surface area (Å²) in [6.45, 7) is 19.4. The number of carbonyl (C=O) groups is 1. The second-order valence-electron chi connectivity index (χ2n) is 16.4. The van der Waals surface area contributed by atoms with Gasteiger partial charge in [0.15, 0.2) is 12.3 Å². The fourth-order valence-corrected chi connectivity index (χ4v) is 8.30. The van der Waals surface area contributed by atoms with Gasteiger partial charge in [0.25, 0.3) is 0 Å². The molecule has 5 rings (SSSR count). The quantitative estimate of drug-likeness (QED) is 0.0744. The van der Waals surface area contributed by atoms with Crippen LogP contribution < -0.4 is 4.90 Å². The molecule has 6 heteroatoms. The summed E-state index contributed by atoms with van der Waals surface area (Å²) in [6.07, 6.45) is 19.0. The van der Waals surface area contributed by atoms with Crippen molar-refractivity contribution in [1.82, 2.24) is 0 Å². The highest BCUT2D eigenvalue weighted by Crippen LogP contribution is 2.49. The molecule has 0 saturated carbocycles. The zero-order valence-electron chi connectivity index (χ0n) is 34.0. The third-order valence-corrected chi connectivity index (χ3v) is 11.6. The lowest BCUT2D eigenvalue weighted by atomic mass is 9.77.